The third-order valence-corrected chi connectivity index (χ3v) is 4.05. The molecule has 19 heavy (non-hydrogen) atoms. The van der Waals surface area contributed by atoms with Crippen LogP contribution in [0.25, 0.3) is 0 Å². The van der Waals surface area contributed by atoms with Gasteiger partial charge in [-0.25, -0.2) is 13.4 Å². The van der Waals surface area contributed by atoms with E-state index in [0.29, 0.717) is 11.4 Å². The Hall–Kier alpha value is -1.80. The number of pyridine rings is 1. The zero-order valence-electron chi connectivity index (χ0n) is 10.3. The van der Waals surface area contributed by atoms with Crippen molar-refractivity contribution in [1.29, 1.82) is 0 Å². The number of aromatic nitrogens is 3. The van der Waals surface area contributed by atoms with Crippen LogP contribution in [0.5, 0.6) is 0 Å². The minimum atomic E-state index is -3.77. The van der Waals surface area contributed by atoms with Crippen molar-refractivity contribution in [2.45, 2.75) is 11.8 Å². The first-order chi connectivity index (χ1) is 8.79. The predicted molar refractivity (Wildman–Crippen MR) is 72.4 cm³/mol. The molecule has 0 fully saturated rings. The van der Waals surface area contributed by atoms with Crippen LogP contribution in [-0.2, 0) is 17.1 Å². The Kier molecular flexibility index (Phi) is 3.38. The lowest BCUT2D eigenvalue weighted by atomic mass is 10.4. The highest BCUT2D eigenvalue weighted by atomic mass is 35.5. The molecule has 0 radical (unpaired) electrons. The molecule has 0 aliphatic carbocycles. The summed E-state index contributed by atoms with van der Waals surface area (Å²) in [6, 6.07) is 1.25. The minimum absolute atomic E-state index is 0.0602. The van der Waals surface area contributed by atoms with Crippen LogP contribution in [-0.4, -0.2) is 23.2 Å². The summed E-state index contributed by atoms with van der Waals surface area (Å²) in [5.41, 5.74) is 6.41. The van der Waals surface area contributed by atoms with Crippen LogP contribution in [0.3, 0.4) is 0 Å². The van der Waals surface area contributed by atoms with Crippen LogP contribution in [0.1, 0.15) is 5.69 Å². The second-order valence-corrected chi connectivity index (χ2v) is 6.04. The van der Waals surface area contributed by atoms with Gasteiger partial charge in [0.1, 0.15) is 10.7 Å². The van der Waals surface area contributed by atoms with E-state index in [4.69, 9.17) is 17.3 Å². The lowest BCUT2D eigenvalue weighted by Gasteiger charge is -2.07. The quantitative estimate of drug-likeness (QED) is 0.885. The summed E-state index contributed by atoms with van der Waals surface area (Å²) in [6.45, 7) is 1.70. The Balaban J connectivity index is 2.37. The van der Waals surface area contributed by atoms with Gasteiger partial charge in [-0.2, -0.15) is 5.10 Å². The van der Waals surface area contributed by atoms with Gasteiger partial charge in [-0.3, -0.25) is 9.40 Å². The van der Waals surface area contributed by atoms with Gasteiger partial charge < -0.3 is 5.73 Å². The third kappa shape index (κ3) is 2.79. The van der Waals surface area contributed by atoms with Gasteiger partial charge in [0.25, 0.3) is 10.0 Å². The highest BCUT2D eigenvalue weighted by Crippen LogP contribution is 2.22. The predicted octanol–water partition coefficient (Wildman–Crippen LogP) is 1.16. The molecule has 7 nitrogen and oxygen atoms in total. The summed E-state index contributed by atoms with van der Waals surface area (Å²) < 4.78 is 28.2. The number of anilines is 2. The van der Waals surface area contributed by atoms with E-state index >= 15 is 0 Å². The lowest BCUT2D eigenvalue weighted by Crippen LogP contribution is -2.14. The second-order valence-electron chi connectivity index (χ2n) is 3.95. The van der Waals surface area contributed by atoms with E-state index in [1.807, 2.05) is 0 Å². The molecule has 2 rings (SSSR count). The molecule has 0 atom stereocenters. The van der Waals surface area contributed by atoms with Crippen LogP contribution in [0.4, 0.5) is 11.5 Å². The summed E-state index contributed by atoms with van der Waals surface area (Å²) in [5.74, 6) is 0.0816. The number of nitrogens with two attached hydrogens (primary N) is 1. The van der Waals surface area contributed by atoms with E-state index in [-0.39, 0.29) is 15.7 Å². The van der Waals surface area contributed by atoms with Crippen molar-refractivity contribution in [3.63, 3.8) is 0 Å². The van der Waals surface area contributed by atoms with E-state index in [1.165, 1.54) is 10.7 Å². The SMILES string of the molecule is Cc1nn(C)cc1NS(=O)(=O)c1cnc(N)c(Cl)c1. The highest BCUT2D eigenvalue weighted by Gasteiger charge is 2.18. The highest BCUT2D eigenvalue weighted by molar-refractivity contribution is 7.92. The van der Waals surface area contributed by atoms with Crippen molar-refractivity contribution in [1.82, 2.24) is 14.8 Å². The largest absolute Gasteiger partial charge is 0.382 e. The molecular formula is C10H12ClN5O2S. The molecular weight excluding hydrogens is 290 g/mol. The standard InChI is InChI=1S/C10H12ClN5O2S/c1-6-9(5-16(2)14-6)15-19(17,18)7-3-8(11)10(12)13-4-7/h3-5,15H,1-2H3,(H2,12,13). The number of nitrogens with zero attached hydrogens (tertiary/aromatic N) is 3. The first-order valence-corrected chi connectivity index (χ1v) is 7.10. The van der Waals surface area contributed by atoms with Crippen LogP contribution in [0, 0.1) is 6.92 Å². The molecule has 0 aromatic carbocycles. The van der Waals surface area contributed by atoms with Crippen molar-refractivity contribution in [2.75, 3.05) is 10.5 Å². The van der Waals surface area contributed by atoms with Crippen molar-refractivity contribution >= 4 is 33.1 Å². The molecule has 0 spiro atoms. The zero-order chi connectivity index (χ0) is 14.2. The van der Waals surface area contributed by atoms with Gasteiger partial charge >= 0.3 is 0 Å². The maximum Gasteiger partial charge on any atom is 0.263 e. The monoisotopic (exact) mass is 301 g/mol. The average Bonchev–Trinajstić information content (AvgIpc) is 2.60. The molecule has 2 aromatic heterocycles. The van der Waals surface area contributed by atoms with Gasteiger partial charge in [-0.1, -0.05) is 11.6 Å². The number of hydrogen-bond acceptors (Lipinski definition) is 5. The second kappa shape index (κ2) is 4.71. The molecule has 9 heteroatoms. The van der Waals surface area contributed by atoms with Crippen molar-refractivity contribution in [2.24, 2.45) is 7.05 Å². The number of halogens is 1. The molecule has 2 heterocycles. The van der Waals surface area contributed by atoms with Crippen LogP contribution in [0.15, 0.2) is 23.4 Å². The maximum atomic E-state index is 12.1. The molecule has 0 unspecified atom stereocenters. The smallest absolute Gasteiger partial charge is 0.263 e. The molecule has 0 saturated carbocycles. The number of rotatable bonds is 3. The molecule has 3 N–H and O–H groups in total. The average molecular weight is 302 g/mol. The molecule has 0 amide bonds. The number of aryl methyl sites for hydroxylation is 2. The van der Waals surface area contributed by atoms with Crippen molar-refractivity contribution in [3.05, 3.63) is 29.2 Å². The maximum absolute atomic E-state index is 12.1. The van der Waals surface area contributed by atoms with E-state index < -0.39 is 10.0 Å². The molecule has 0 saturated heterocycles. The molecule has 0 bridgehead atoms. The van der Waals surface area contributed by atoms with Gasteiger partial charge in [0.2, 0.25) is 0 Å². The molecule has 102 valence electrons. The van der Waals surface area contributed by atoms with Crippen LogP contribution >= 0.6 is 11.6 Å². The van der Waals surface area contributed by atoms with Crippen molar-refractivity contribution in [3.8, 4) is 0 Å². The van der Waals surface area contributed by atoms with E-state index in [1.54, 1.807) is 20.2 Å². The summed E-state index contributed by atoms with van der Waals surface area (Å²) in [7, 11) is -2.07. The Morgan fingerprint density at radius 2 is 2.16 bits per heavy atom. The van der Waals surface area contributed by atoms with E-state index in [9.17, 15) is 8.42 Å². The first-order valence-electron chi connectivity index (χ1n) is 5.23. The van der Waals surface area contributed by atoms with Gasteiger partial charge in [-0.15, -0.1) is 0 Å². The minimum Gasteiger partial charge on any atom is -0.382 e. The fraction of sp³-hybridized carbons (Fsp3) is 0.200. The Morgan fingerprint density at radius 1 is 1.47 bits per heavy atom. The fourth-order valence-corrected chi connectivity index (χ4v) is 2.78. The Morgan fingerprint density at radius 3 is 2.68 bits per heavy atom. The fourth-order valence-electron chi connectivity index (χ4n) is 1.48. The van der Waals surface area contributed by atoms with Gasteiger partial charge in [0.15, 0.2) is 0 Å². The third-order valence-electron chi connectivity index (χ3n) is 2.41. The topological polar surface area (TPSA) is 103 Å². The Labute approximate surface area is 115 Å². The van der Waals surface area contributed by atoms with E-state index in [0.717, 1.165) is 6.20 Å². The normalized spacial score (nSPS) is 11.5. The molecule has 2 aromatic rings. The zero-order valence-corrected chi connectivity index (χ0v) is 11.8. The Bertz CT molecular complexity index is 726. The van der Waals surface area contributed by atoms with Gasteiger partial charge in [-0.05, 0) is 13.0 Å². The molecule has 0 aliphatic rings. The summed E-state index contributed by atoms with van der Waals surface area (Å²) in [4.78, 5) is 3.66. The van der Waals surface area contributed by atoms with E-state index in [2.05, 4.69) is 14.8 Å². The number of nitrogens with one attached hydrogen (secondary N) is 1. The summed E-state index contributed by atoms with van der Waals surface area (Å²) in [6.07, 6.45) is 2.72. The summed E-state index contributed by atoms with van der Waals surface area (Å²) >= 11 is 5.76. The van der Waals surface area contributed by atoms with Crippen LogP contribution < -0.4 is 10.5 Å². The number of sulfonamides is 1. The van der Waals surface area contributed by atoms with Gasteiger partial charge in [0.05, 0.1) is 16.4 Å². The first kappa shape index (κ1) is 13.6. The van der Waals surface area contributed by atoms with Gasteiger partial charge in [0, 0.05) is 19.4 Å². The number of hydrogen-bond donors (Lipinski definition) is 2. The van der Waals surface area contributed by atoms with Crippen molar-refractivity contribution < 1.29 is 8.42 Å². The molecule has 0 aliphatic heterocycles. The summed E-state index contributed by atoms with van der Waals surface area (Å²) in [5, 5.41) is 4.14. The van der Waals surface area contributed by atoms with Crippen LogP contribution in [0.2, 0.25) is 5.02 Å². The number of nitrogen functional groups attached to an aromatic ring is 1. The lowest BCUT2D eigenvalue weighted by molar-refractivity contribution is 0.601.